The second-order valence-electron chi connectivity index (χ2n) is 6.97. The maximum Gasteiger partial charge on any atom is 0.377 e. The van der Waals surface area contributed by atoms with E-state index < -0.39 is 11.8 Å². The monoisotopic (exact) mass is 320 g/mol. The second-order valence-corrected chi connectivity index (χ2v) is 6.97. The van der Waals surface area contributed by atoms with Crippen LogP contribution in [0.3, 0.4) is 0 Å². The fraction of sp³-hybridized carbons (Fsp3) is 0.238. The van der Waals surface area contributed by atoms with Crippen molar-refractivity contribution in [3.05, 3.63) is 76.4 Å². The molecule has 2 aromatic rings. The standard InChI is InChI=1S/C21H20O3/c1-13-4-6-14(7-5-13)16-10-11-21(2,3)18-12-15(8-9-17(16)18)19(22)20(23)24/h4-10,12H,11H2,1-3H3,(H,23,24). The molecule has 0 aromatic heterocycles. The van der Waals surface area contributed by atoms with E-state index in [1.807, 2.05) is 6.07 Å². The number of carbonyl (C=O) groups is 2. The first-order valence-electron chi connectivity index (χ1n) is 7.99. The summed E-state index contributed by atoms with van der Waals surface area (Å²) in [4.78, 5) is 22.8. The minimum atomic E-state index is -1.42. The average molecular weight is 320 g/mol. The van der Waals surface area contributed by atoms with E-state index in [0.29, 0.717) is 0 Å². The van der Waals surface area contributed by atoms with Crippen LogP contribution in [0.2, 0.25) is 0 Å². The number of aliphatic carboxylic acids is 1. The van der Waals surface area contributed by atoms with Crippen LogP contribution >= 0.6 is 0 Å². The van der Waals surface area contributed by atoms with E-state index in [0.717, 1.165) is 28.7 Å². The van der Waals surface area contributed by atoms with Crippen molar-refractivity contribution in [3.63, 3.8) is 0 Å². The zero-order valence-electron chi connectivity index (χ0n) is 14.1. The third-order valence-electron chi connectivity index (χ3n) is 4.67. The number of hydrogen-bond donors (Lipinski definition) is 1. The van der Waals surface area contributed by atoms with Gasteiger partial charge in [-0.05, 0) is 47.1 Å². The molecule has 0 spiro atoms. The van der Waals surface area contributed by atoms with Gasteiger partial charge in [0.05, 0.1) is 0 Å². The molecule has 0 bridgehead atoms. The highest BCUT2D eigenvalue weighted by Crippen LogP contribution is 2.41. The summed E-state index contributed by atoms with van der Waals surface area (Å²) in [7, 11) is 0. The third-order valence-corrected chi connectivity index (χ3v) is 4.67. The molecule has 3 nitrogen and oxygen atoms in total. The molecule has 122 valence electrons. The fourth-order valence-corrected chi connectivity index (χ4v) is 3.19. The Hall–Kier alpha value is -2.68. The Labute approximate surface area is 141 Å². The molecular formula is C21H20O3. The van der Waals surface area contributed by atoms with Crippen molar-refractivity contribution in [2.24, 2.45) is 0 Å². The molecule has 0 radical (unpaired) electrons. The van der Waals surface area contributed by atoms with Crippen LogP contribution in [0.1, 0.15) is 52.9 Å². The lowest BCUT2D eigenvalue weighted by Crippen LogP contribution is -2.23. The minimum Gasteiger partial charge on any atom is -0.475 e. The molecule has 0 unspecified atom stereocenters. The van der Waals surface area contributed by atoms with E-state index in [1.54, 1.807) is 12.1 Å². The van der Waals surface area contributed by atoms with Crippen LogP contribution in [0.5, 0.6) is 0 Å². The fourth-order valence-electron chi connectivity index (χ4n) is 3.19. The summed E-state index contributed by atoms with van der Waals surface area (Å²) in [5, 5.41) is 8.96. The maximum absolute atomic E-state index is 11.8. The Morgan fingerprint density at radius 1 is 1.04 bits per heavy atom. The highest BCUT2D eigenvalue weighted by molar-refractivity contribution is 6.39. The summed E-state index contributed by atoms with van der Waals surface area (Å²) in [6, 6.07) is 13.6. The maximum atomic E-state index is 11.8. The van der Waals surface area contributed by atoms with Crippen LogP contribution < -0.4 is 0 Å². The van der Waals surface area contributed by atoms with Crippen LogP contribution in [0.15, 0.2) is 48.5 Å². The zero-order chi connectivity index (χ0) is 17.5. The lowest BCUT2D eigenvalue weighted by atomic mass is 9.71. The molecule has 1 aliphatic rings. The van der Waals surface area contributed by atoms with Gasteiger partial charge in [-0.1, -0.05) is 61.9 Å². The number of fused-ring (bicyclic) bond motifs is 1. The Morgan fingerprint density at radius 2 is 1.71 bits per heavy atom. The number of hydrogen-bond acceptors (Lipinski definition) is 2. The van der Waals surface area contributed by atoms with Crippen molar-refractivity contribution in [1.29, 1.82) is 0 Å². The van der Waals surface area contributed by atoms with Crippen molar-refractivity contribution in [1.82, 2.24) is 0 Å². The lowest BCUT2D eigenvalue weighted by molar-refractivity contribution is -0.131. The largest absolute Gasteiger partial charge is 0.475 e. The zero-order valence-corrected chi connectivity index (χ0v) is 14.1. The summed E-state index contributed by atoms with van der Waals surface area (Å²) in [5.74, 6) is -2.28. The molecule has 0 atom stereocenters. The van der Waals surface area contributed by atoms with Gasteiger partial charge in [0.15, 0.2) is 0 Å². The molecule has 1 N–H and O–H groups in total. The molecule has 0 saturated heterocycles. The van der Waals surface area contributed by atoms with Crippen LogP contribution in [0.4, 0.5) is 0 Å². The van der Waals surface area contributed by atoms with Crippen LogP contribution in [-0.2, 0) is 10.2 Å². The van der Waals surface area contributed by atoms with Crippen LogP contribution in [0, 0.1) is 6.92 Å². The van der Waals surface area contributed by atoms with Crippen molar-refractivity contribution >= 4 is 17.3 Å². The van der Waals surface area contributed by atoms with Crippen molar-refractivity contribution in [3.8, 4) is 0 Å². The molecule has 0 saturated carbocycles. The van der Waals surface area contributed by atoms with Gasteiger partial charge in [-0.2, -0.15) is 0 Å². The number of carboxylic acid groups (broad SMARTS) is 1. The van der Waals surface area contributed by atoms with E-state index in [9.17, 15) is 9.59 Å². The highest BCUT2D eigenvalue weighted by atomic mass is 16.4. The van der Waals surface area contributed by atoms with Gasteiger partial charge in [-0.3, -0.25) is 4.79 Å². The van der Waals surface area contributed by atoms with E-state index in [-0.39, 0.29) is 11.0 Å². The Morgan fingerprint density at radius 3 is 2.33 bits per heavy atom. The first kappa shape index (κ1) is 16.2. The number of carboxylic acids is 1. The number of aryl methyl sites for hydroxylation is 1. The van der Waals surface area contributed by atoms with Gasteiger partial charge in [0, 0.05) is 5.56 Å². The van der Waals surface area contributed by atoms with Gasteiger partial charge in [-0.25, -0.2) is 4.79 Å². The number of benzene rings is 2. The van der Waals surface area contributed by atoms with Gasteiger partial charge in [0.2, 0.25) is 0 Å². The smallest absolute Gasteiger partial charge is 0.377 e. The SMILES string of the molecule is Cc1ccc(C2=CCC(C)(C)c3cc(C(=O)C(=O)O)ccc32)cc1. The van der Waals surface area contributed by atoms with E-state index in [1.165, 1.54) is 5.56 Å². The van der Waals surface area contributed by atoms with Gasteiger partial charge in [0.1, 0.15) is 0 Å². The highest BCUT2D eigenvalue weighted by Gasteiger charge is 2.30. The summed E-state index contributed by atoms with van der Waals surface area (Å²) < 4.78 is 0. The van der Waals surface area contributed by atoms with Crippen LogP contribution in [0.25, 0.3) is 5.57 Å². The van der Waals surface area contributed by atoms with Gasteiger partial charge in [0.25, 0.3) is 5.78 Å². The summed E-state index contributed by atoms with van der Waals surface area (Å²) in [5.41, 5.74) is 5.66. The Bertz CT molecular complexity index is 855. The molecule has 0 amide bonds. The molecular weight excluding hydrogens is 300 g/mol. The predicted octanol–water partition coefficient (Wildman–Crippen LogP) is 4.38. The molecule has 24 heavy (non-hydrogen) atoms. The first-order chi connectivity index (χ1) is 11.3. The van der Waals surface area contributed by atoms with Gasteiger partial charge in [-0.15, -0.1) is 0 Å². The third kappa shape index (κ3) is 2.78. The van der Waals surface area contributed by atoms with E-state index in [2.05, 4.69) is 51.1 Å². The van der Waals surface area contributed by atoms with Crippen molar-refractivity contribution in [2.75, 3.05) is 0 Å². The van der Waals surface area contributed by atoms with E-state index >= 15 is 0 Å². The Balaban J connectivity index is 2.13. The predicted molar refractivity (Wildman–Crippen MR) is 94.3 cm³/mol. The molecule has 1 aliphatic carbocycles. The number of ketones is 1. The minimum absolute atomic E-state index is 0.141. The van der Waals surface area contributed by atoms with Crippen molar-refractivity contribution in [2.45, 2.75) is 32.6 Å². The topological polar surface area (TPSA) is 54.4 Å². The first-order valence-corrected chi connectivity index (χ1v) is 7.99. The number of allylic oxidation sites excluding steroid dienone is 1. The van der Waals surface area contributed by atoms with Gasteiger partial charge < -0.3 is 5.11 Å². The summed E-state index contributed by atoms with van der Waals surface area (Å²) >= 11 is 0. The van der Waals surface area contributed by atoms with Crippen LogP contribution in [-0.4, -0.2) is 16.9 Å². The Kier molecular flexibility index (Phi) is 3.88. The normalized spacial score (nSPS) is 15.4. The molecule has 0 fully saturated rings. The summed E-state index contributed by atoms with van der Waals surface area (Å²) in [6.45, 7) is 6.28. The average Bonchev–Trinajstić information content (AvgIpc) is 2.55. The number of Topliss-reactive ketones (excluding diaryl/α,β-unsaturated/α-hetero) is 1. The molecule has 3 heteroatoms. The quantitative estimate of drug-likeness (QED) is 0.674. The molecule has 0 aliphatic heterocycles. The molecule has 0 heterocycles. The molecule has 2 aromatic carbocycles. The van der Waals surface area contributed by atoms with Crippen molar-refractivity contribution < 1.29 is 14.7 Å². The number of carbonyl (C=O) groups excluding carboxylic acids is 1. The van der Waals surface area contributed by atoms with Gasteiger partial charge >= 0.3 is 5.97 Å². The second kappa shape index (κ2) is 5.75. The number of rotatable bonds is 3. The lowest BCUT2D eigenvalue weighted by Gasteiger charge is -2.32. The van der Waals surface area contributed by atoms with E-state index in [4.69, 9.17) is 5.11 Å². The molecule has 3 rings (SSSR count). The summed E-state index contributed by atoms with van der Waals surface area (Å²) in [6.07, 6.45) is 3.07.